The van der Waals surface area contributed by atoms with E-state index in [-0.39, 0.29) is 12.1 Å². The molecule has 1 aromatic rings. The summed E-state index contributed by atoms with van der Waals surface area (Å²) in [5.74, 6) is 0. The van der Waals surface area contributed by atoms with Crippen molar-refractivity contribution in [3.05, 3.63) is 29.8 Å². The quantitative estimate of drug-likeness (QED) is 0.921. The van der Waals surface area contributed by atoms with Crippen LogP contribution >= 0.6 is 0 Å². The molecule has 0 radical (unpaired) electrons. The summed E-state index contributed by atoms with van der Waals surface area (Å²) >= 11 is 0. The lowest BCUT2D eigenvalue weighted by Crippen LogP contribution is -2.48. The number of benzene rings is 1. The summed E-state index contributed by atoms with van der Waals surface area (Å²) in [6, 6.07) is 7.70. The molecular formula is C14H23N3O2S. The van der Waals surface area contributed by atoms with Crippen molar-refractivity contribution < 1.29 is 8.42 Å². The minimum absolute atomic E-state index is 0.0707. The molecular weight excluding hydrogens is 274 g/mol. The molecule has 0 amide bonds. The second kappa shape index (κ2) is 5.71. The first kappa shape index (κ1) is 15.3. The summed E-state index contributed by atoms with van der Waals surface area (Å²) in [6.07, 6.45) is 0. The van der Waals surface area contributed by atoms with Crippen LogP contribution in [0.3, 0.4) is 0 Å². The average molecular weight is 297 g/mol. The first-order valence-electron chi connectivity index (χ1n) is 6.91. The van der Waals surface area contributed by atoms with Crippen molar-refractivity contribution in [3.63, 3.8) is 0 Å². The second-order valence-corrected chi connectivity index (χ2v) is 7.47. The molecule has 0 saturated heterocycles. The number of para-hydroxylation sites is 1. The van der Waals surface area contributed by atoms with Crippen LogP contribution in [0.2, 0.25) is 0 Å². The van der Waals surface area contributed by atoms with Gasteiger partial charge in [0.05, 0.1) is 12.2 Å². The van der Waals surface area contributed by atoms with E-state index in [4.69, 9.17) is 0 Å². The molecule has 0 spiro atoms. The lowest BCUT2D eigenvalue weighted by molar-refractivity contribution is 0.406. The standard InChI is InChI=1S/C14H23N3O2S/c1-11(2)16(4)20(18,19)17-10-12(3)15-9-13-7-5-6-8-14(13)17/h5-8,11-12,15H,9-10H2,1-4H3. The van der Waals surface area contributed by atoms with Crippen molar-refractivity contribution in [3.8, 4) is 0 Å². The average Bonchev–Trinajstić information content (AvgIpc) is 2.58. The van der Waals surface area contributed by atoms with E-state index < -0.39 is 10.2 Å². The summed E-state index contributed by atoms with van der Waals surface area (Å²) in [5, 5.41) is 3.35. The Morgan fingerprint density at radius 3 is 2.65 bits per heavy atom. The molecule has 1 atom stereocenters. The maximum atomic E-state index is 12.8. The molecule has 0 saturated carbocycles. The molecule has 1 unspecified atom stereocenters. The van der Waals surface area contributed by atoms with Crippen molar-refractivity contribution in [2.45, 2.75) is 39.4 Å². The van der Waals surface area contributed by atoms with Gasteiger partial charge < -0.3 is 5.32 Å². The smallest absolute Gasteiger partial charge is 0.304 e. The monoisotopic (exact) mass is 297 g/mol. The van der Waals surface area contributed by atoms with E-state index in [0.29, 0.717) is 13.1 Å². The van der Waals surface area contributed by atoms with Gasteiger partial charge in [0.15, 0.2) is 0 Å². The van der Waals surface area contributed by atoms with Crippen LogP contribution in [0.4, 0.5) is 5.69 Å². The fourth-order valence-electron chi connectivity index (χ4n) is 2.24. The van der Waals surface area contributed by atoms with Crippen molar-refractivity contribution in [2.24, 2.45) is 0 Å². The van der Waals surface area contributed by atoms with Gasteiger partial charge in [-0.05, 0) is 32.4 Å². The summed E-state index contributed by atoms with van der Waals surface area (Å²) in [7, 11) is -1.87. The number of nitrogens with zero attached hydrogens (tertiary/aromatic N) is 2. The second-order valence-electron chi connectivity index (χ2n) is 5.56. The SMILES string of the molecule is CC1CN(S(=O)(=O)N(C)C(C)C)c2ccccc2CN1. The first-order chi connectivity index (χ1) is 9.34. The highest BCUT2D eigenvalue weighted by molar-refractivity contribution is 7.90. The maximum Gasteiger partial charge on any atom is 0.304 e. The van der Waals surface area contributed by atoms with E-state index >= 15 is 0 Å². The highest BCUT2D eigenvalue weighted by atomic mass is 32.2. The van der Waals surface area contributed by atoms with Gasteiger partial charge in [-0.25, -0.2) is 0 Å². The number of hydrogen-bond acceptors (Lipinski definition) is 3. The topological polar surface area (TPSA) is 52.7 Å². The van der Waals surface area contributed by atoms with E-state index in [1.165, 1.54) is 8.61 Å². The highest BCUT2D eigenvalue weighted by Crippen LogP contribution is 2.27. The van der Waals surface area contributed by atoms with Crippen molar-refractivity contribution in [2.75, 3.05) is 17.9 Å². The van der Waals surface area contributed by atoms with Gasteiger partial charge in [-0.15, -0.1) is 0 Å². The number of anilines is 1. The number of rotatable bonds is 3. The fraction of sp³-hybridized carbons (Fsp3) is 0.571. The third-order valence-electron chi connectivity index (χ3n) is 3.71. The molecule has 1 aliphatic rings. The van der Waals surface area contributed by atoms with Crippen LogP contribution < -0.4 is 9.62 Å². The van der Waals surface area contributed by atoms with Gasteiger partial charge in [0.25, 0.3) is 0 Å². The Morgan fingerprint density at radius 1 is 1.35 bits per heavy atom. The van der Waals surface area contributed by atoms with Gasteiger partial charge in [0, 0.05) is 25.7 Å². The lowest BCUT2D eigenvalue weighted by atomic mass is 10.2. The van der Waals surface area contributed by atoms with Crippen molar-refractivity contribution in [1.29, 1.82) is 0 Å². The molecule has 1 aliphatic heterocycles. The molecule has 112 valence electrons. The molecule has 6 heteroatoms. The third-order valence-corrected chi connectivity index (χ3v) is 5.76. The highest BCUT2D eigenvalue weighted by Gasteiger charge is 2.32. The Morgan fingerprint density at radius 2 is 2.00 bits per heavy atom. The van der Waals surface area contributed by atoms with Crippen LogP contribution in [0.15, 0.2) is 24.3 Å². The Bertz CT molecular complexity index is 572. The molecule has 1 N–H and O–H groups in total. The summed E-state index contributed by atoms with van der Waals surface area (Å²) < 4.78 is 28.6. The van der Waals surface area contributed by atoms with Crippen LogP contribution in [-0.4, -0.2) is 38.4 Å². The molecule has 1 aromatic carbocycles. The largest absolute Gasteiger partial charge is 0.308 e. The Labute approximate surface area is 121 Å². The van der Waals surface area contributed by atoms with Gasteiger partial charge in [0.2, 0.25) is 0 Å². The molecule has 5 nitrogen and oxygen atoms in total. The predicted octanol–water partition coefficient (Wildman–Crippen LogP) is 1.57. The zero-order valence-corrected chi connectivity index (χ0v) is 13.3. The molecule has 0 aliphatic carbocycles. The molecule has 20 heavy (non-hydrogen) atoms. The minimum Gasteiger partial charge on any atom is -0.308 e. The van der Waals surface area contributed by atoms with Crippen LogP contribution in [-0.2, 0) is 16.8 Å². The van der Waals surface area contributed by atoms with Crippen LogP contribution in [0.25, 0.3) is 0 Å². The maximum absolute atomic E-state index is 12.8. The van der Waals surface area contributed by atoms with Crippen LogP contribution in [0.1, 0.15) is 26.3 Å². The predicted molar refractivity (Wildman–Crippen MR) is 81.9 cm³/mol. The number of fused-ring (bicyclic) bond motifs is 1. The van der Waals surface area contributed by atoms with E-state index in [1.807, 2.05) is 45.0 Å². The van der Waals surface area contributed by atoms with E-state index in [1.54, 1.807) is 7.05 Å². The van der Waals surface area contributed by atoms with Gasteiger partial charge in [-0.1, -0.05) is 18.2 Å². The van der Waals surface area contributed by atoms with Gasteiger partial charge >= 0.3 is 10.2 Å². The molecule has 0 fully saturated rings. The van der Waals surface area contributed by atoms with Crippen LogP contribution in [0.5, 0.6) is 0 Å². The van der Waals surface area contributed by atoms with E-state index in [0.717, 1.165) is 11.3 Å². The number of hydrogen-bond donors (Lipinski definition) is 1. The molecule has 0 bridgehead atoms. The van der Waals surface area contributed by atoms with Crippen molar-refractivity contribution >= 4 is 15.9 Å². The zero-order chi connectivity index (χ0) is 14.9. The molecule has 1 heterocycles. The molecule has 2 rings (SSSR count). The number of nitrogens with one attached hydrogen (secondary N) is 1. The Hall–Kier alpha value is -1.11. The van der Waals surface area contributed by atoms with Gasteiger partial charge in [-0.3, -0.25) is 4.31 Å². The van der Waals surface area contributed by atoms with E-state index in [9.17, 15) is 8.42 Å². The normalized spacial score (nSPS) is 20.1. The van der Waals surface area contributed by atoms with Crippen molar-refractivity contribution in [1.82, 2.24) is 9.62 Å². The fourth-order valence-corrected chi connectivity index (χ4v) is 3.92. The Balaban J connectivity index is 2.49. The molecule has 0 aromatic heterocycles. The summed E-state index contributed by atoms with van der Waals surface area (Å²) in [6.45, 7) is 6.89. The van der Waals surface area contributed by atoms with E-state index in [2.05, 4.69) is 5.32 Å². The Kier molecular flexibility index (Phi) is 4.36. The lowest BCUT2D eigenvalue weighted by Gasteiger charge is -2.32. The zero-order valence-electron chi connectivity index (χ0n) is 12.5. The summed E-state index contributed by atoms with van der Waals surface area (Å²) in [5.41, 5.74) is 1.79. The third kappa shape index (κ3) is 2.82. The summed E-state index contributed by atoms with van der Waals surface area (Å²) in [4.78, 5) is 0. The van der Waals surface area contributed by atoms with Gasteiger partial charge in [-0.2, -0.15) is 12.7 Å². The van der Waals surface area contributed by atoms with Gasteiger partial charge in [0.1, 0.15) is 0 Å². The first-order valence-corrected chi connectivity index (χ1v) is 8.30. The minimum atomic E-state index is -3.50. The van der Waals surface area contributed by atoms with Crippen LogP contribution in [0, 0.1) is 0 Å².